The number of nitrogen functional groups attached to an aromatic ring is 1. The molecule has 1 fully saturated rings. The van der Waals surface area contributed by atoms with Crippen molar-refractivity contribution < 1.29 is 13.5 Å². The smallest absolute Gasteiger partial charge is 0.279 e. The van der Waals surface area contributed by atoms with Crippen LogP contribution < -0.4 is 10.5 Å². The molecule has 0 aromatic heterocycles. The van der Waals surface area contributed by atoms with E-state index in [4.69, 9.17) is 5.73 Å². The van der Waals surface area contributed by atoms with Crippen LogP contribution in [0.4, 0.5) is 5.69 Å². The largest absolute Gasteiger partial charge is 0.508 e. The first-order valence-corrected chi connectivity index (χ1v) is 8.14. The molecule has 0 amide bonds. The first kappa shape index (κ1) is 15.1. The van der Waals surface area contributed by atoms with Gasteiger partial charge >= 0.3 is 0 Å². The summed E-state index contributed by atoms with van der Waals surface area (Å²) in [6.45, 7) is 3.24. The monoisotopic (exact) mass is 299 g/mol. The number of nitrogens with one attached hydrogen (secondary N) is 1. The van der Waals surface area contributed by atoms with Crippen LogP contribution in [0, 0.1) is 5.92 Å². The number of nitrogens with zero attached hydrogens (tertiary/aromatic N) is 1. The molecular weight excluding hydrogens is 278 g/mol. The Labute approximate surface area is 119 Å². The Morgan fingerprint density at radius 1 is 1.40 bits per heavy atom. The molecule has 1 aliphatic heterocycles. The zero-order valence-corrected chi connectivity index (χ0v) is 12.4. The number of anilines is 1. The molecule has 1 aliphatic rings. The van der Waals surface area contributed by atoms with Crippen LogP contribution >= 0.6 is 0 Å². The van der Waals surface area contributed by atoms with Crippen molar-refractivity contribution in [2.24, 2.45) is 5.92 Å². The fourth-order valence-corrected chi connectivity index (χ4v) is 3.44. The number of nitrogens with two attached hydrogens (primary N) is 1. The summed E-state index contributed by atoms with van der Waals surface area (Å²) < 4.78 is 28.3. The average molecular weight is 299 g/mol. The Hall–Kier alpha value is -1.31. The molecule has 6 nitrogen and oxygen atoms in total. The SMILES string of the molecule is CC1CCN(S(=O)(=O)NCc2cc(N)ccc2O)CC1. The number of piperidine rings is 1. The lowest BCUT2D eigenvalue weighted by Gasteiger charge is -2.29. The molecule has 1 aromatic carbocycles. The molecule has 0 saturated carbocycles. The number of rotatable bonds is 4. The summed E-state index contributed by atoms with van der Waals surface area (Å²) in [5.41, 5.74) is 6.59. The molecule has 1 aromatic rings. The topological polar surface area (TPSA) is 95.7 Å². The van der Waals surface area contributed by atoms with E-state index in [1.165, 1.54) is 10.4 Å². The standard InChI is InChI=1S/C13H21N3O3S/c1-10-4-6-16(7-5-10)20(18,19)15-9-11-8-12(14)2-3-13(11)17/h2-3,8,10,15,17H,4-7,9,14H2,1H3. The zero-order valence-electron chi connectivity index (χ0n) is 11.5. The van der Waals surface area contributed by atoms with Gasteiger partial charge in [0.25, 0.3) is 10.2 Å². The lowest BCUT2D eigenvalue weighted by Crippen LogP contribution is -2.44. The van der Waals surface area contributed by atoms with E-state index in [1.807, 2.05) is 0 Å². The van der Waals surface area contributed by atoms with E-state index in [2.05, 4.69) is 11.6 Å². The second kappa shape index (κ2) is 5.99. The summed E-state index contributed by atoms with van der Waals surface area (Å²) in [5.74, 6) is 0.605. The fourth-order valence-electron chi connectivity index (χ4n) is 2.23. The van der Waals surface area contributed by atoms with Crippen molar-refractivity contribution in [3.8, 4) is 5.75 Å². The molecule has 4 N–H and O–H groups in total. The lowest BCUT2D eigenvalue weighted by molar-refractivity contribution is 0.285. The first-order chi connectivity index (χ1) is 9.38. The highest BCUT2D eigenvalue weighted by atomic mass is 32.2. The predicted octanol–water partition coefficient (Wildman–Crippen LogP) is 1.04. The Bertz CT molecular complexity index is 566. The third-order valence-electron chi connectivity index (χ3n) is 3.63. The Balaban J connectivity index is 2.00. The van der Waals surface area contributed by atoms with Crippen LogP contribution in [0.15, 0.2) is 18.2 Å². The summed E-state index contributed by atoms with van der Waals surface area (Å²) in [4.78, 5) is 0. The van der Waals surface area contributed by atoms with Gasteiger partial charge in [-0.25, -0.2) is 0 Å². The molecule has 0 bridgehead atoms. The van der Waals surface area contributed by atoms with E-state index in [1.54, 1.807) is 12.1 Å². The Morgan fingerprint density at radius 3 is 2.70 bits per heavy atom. The van der Waals surface area contributed by atoms with Crippen LogP contribution in [0.1, 0.15) is 25.3 Å². The summed E-state index contributed by atoms with van der Waals surface area (Å²) in [6, 6.07) is 4.59. The van der Waals surface area contributed by atoms with E-state index in [9.17, 15) is 13.5 Å². The van der Waals surface area contributed by atoms with E-state index >= 15 is 0 Å². The summed E-state index contributed by atoms with van der Waals surface area (Å²) in [7, 11) is -3.50. The van der Waals surface area contributed by atoms with Gasteiger partial charge in [-0.15, -0.1) is 0 Å². The van der Waals surface area contributed by atoms with Crippen LogP contribution in [0.25, 0.3) is 0 Å². The average Bonchev–Trinajstić information content (AvgIpc) is 2.40. The minimum Gasteiger partial charge on any atom is -0.508 e. The van der Waals surface area contributed by atoms with Gasteiger partial charge in [0.15, 0.2) is 0 Å². The number of phenols is 1. The maximum atomic E-state index is 12.2. The molecule has 7 heteroatoms. The number of phenolic OH excluding ortho intramolecular Hbond substituents is 1. The molecule has 0 radical (unpaired) electrons. The molecule has 0 unspecified atom stereocenters. The van der Waals surface area contributed by atoms with Gasteiger partial charge in [-0.2, -0.15) is 17.4 Å². The minimum atomic E-state index is -3.50. The van der Waals surface area contributed by atoms with Crippen LogP contribution in [-0.4, -0.2) is 30.9 Å². The summed E-state index contributed by atoms with van der Waals surface area (Å²) >= 11 is 0. The predicted molar refractivity (Wildman–Crippen MR) is 78.2 cm³/mol. The van der Waals surface area contributed by atoms with Crippen molar-refractivity contribution in [2.75, 3.05) is 18.8 Å². The number of hydrogen-bond acceptors (Lipinski definition) is 4. The first-order valence-electron chi connectivity index (χ1n) is 6.70. The Kier molecular flexibility index (Phi) is 4.52. The molecule has 2 rings (SSSR count). The lowest BCUT2D eigenvalue weighted by atomic mass is 10.0. The van der Waals surface area contributed by atoms with Crippen molar-refractivity contribution in [3.05, 3.63) is 23.8 Å². The fraction of sp³-hybridized carbons (Fsp3) is 0.538. The van der Waals surface area contributed by atoms with Gasteiger partial charge in [0.1, 0.15) is 5.75 Å². The Morgan fingerprint density at radius 2 is 2.05 bits per heavy atom. The minimum absolute atomic E-state index is 0.0330. The quantitative estimate of drug-likeness (QED) is 0.572. The van der Waals surface area contributed by atoms with E-state index < -0.39 is 10.2 Å². The van der Waals surface area contributed by atoms with Crippen LogP contribution in [0.3, 0.4) is 0 Å². The second-order valence-corrected chi connectivity index (χ2v) is 7.05. The van der Waals surface area contributed by atoms with Gasteiger partial charge in [-0.1, -0.05) is 6.92 Å². The highest BCUT2D eigenvalue weighted by Crippen LogP contribution is 2.21. The third kappa shape index (κ3) is 3.62. The third-order valence-corrected chi connectivity index (χ3v) is 5.19. The van der Waals surface area contributed by atoms with Gasteiger partial charge in [-0.05, 0) is 37.0 Å². The molecule has 1 saturated heterocycles. The van der Waals surface area contributed by atoms with Crippen molar-refractivity contribution in [3.63, 3.8) is 0 Å². The van der Waals surface area contributed by atoms with Gasteiger partial charge in [-0.3, -0.25) is 0 Å². The van der Waals surface area contributed by atoms with Gasteiger partial charge < -0.3 is 10.8 Å². The van der Waals surface area contributed by atoms with Crippen LogP contribution in [0.2, 0.25) is 0 Å². The zero-order chi connectivity index (χ0) is 14.8. The summed E-state index contributed by atoms with van der Waals surface area (Å²) in [5, 5.41) is 9.67. The van der Waals surface area contributed by atoms with Crippen LogP contribution in [0.5, 0.6) is 5.75 Å². The normalized spacial score (nSPS) is 18.2. The maximum absolute atomic E-state index is 12.2. The van der Waals surface area contributed by atoms with Gasteiger partial charge in [0, 0.05) is 30.9 Å². The van der Waals surface area contributed by atoms with E-state index in [0.29, 0.717) is 30.3 Å². The van der Waals surface area contributed by atoms with E-state index in [-0.39, 0.29) is 12.3 Å². The number of benzene rings is 1. The molecule has 0 spiro atoms. The van der Waals surface area contributed by atoms with Crippen molar-refractivity contribution in [1.29, 1.82) is 0 Å². The second-order valence-electron chi connectivity index (χ2n) is 5.30. The molecule has 20 heavy (non-hydrogen) atoms. The van der Waals surface area contributed by atoms with Crippen molar-refractivity contribution >= 4 is 15.9 Å². The summed E-state index contributed by atoms with van der Waals surface area (Å²) in [6.07, 6.45) is 1.76. The highest BCUT2D eigenvalue weighted by Gasteiger charge is 2.26. The number of aromatic hydroxyl groups is 1. The molecule has 0 aliphatic carbocycles. The van der Waals surface area contributed by atoms with E-state index in [0.717, 1.165) is 12.8 Å². The number of hydrogen-bond donors (Lipinski definition) is 3. The van der Waals surface area contributed by atoms with Crippen LogP contribution in [-0.2, 0) is 16.8 Å². The molecule has 0 atom stereocenters. The molecular formula is C13H21N3O3S. The van der Waals surface area contributed by atoms with Crippen molar-refractivity contribution in [2.45, 2.75) is 26.3 Å². The molecule has 1 heterocycles. The van der Waals surface area contributed by atoms with Gasteiger partial charge in [0.05, 0.1) is 0 Å². The van der Waals surface area contributed by atoms with Gasteiger partial charge in [0.2, 0.25) is 0 Å². The van der Waals surface area contributed by atoms with Crippen molar-refractivity contribution in [1.82, 2.24) is 9.03 Å². The molecule has 112 valence electrons. The maximum Gasteiger partial charge on any atom is 0.279 e. The highest BCUT2D eigenvalue weighted by molar-refractivity contribution is 7.87.